The van der Waals surface area contributed by atoms with Crippen LogP contribution in [0.1, 0.15) is 17.0 Å². The van der Waals surface area contributed by atoms with Gasteiger partial charge in [-0.2, -0.15) is 5.26 Å². The van der Waals surface area contributed by atoms with Crippen molar-refractivity contribution in [1.29, 1.82) is 5.26 Å². The zero-order chi connectivity index (χ0) is 8.55. The average Bonchev–Trinajstić information content (AvgIpc) is 2.40. The minimum atomic E-state index is -0.0961. The Morgan fingerprint density at radius 1 is 1.42 bits per heavy atom. The van der Waals surface area contributed by atoms with Gasteiger partial charge in [0.25, 0.3) is 0 Å². The van der Waals surface area contributed by atoms with E-state index < -0.39 is 0 Å². The van der Waals surface area contributed by atoms with Crippen LogP contribution in [0.25, 0.3) is 0 Å². The fourth-order valence-corrected chi connectivity index (χ4v) is 1.79. The van der Waals surface area contributed by atoms with Crippen molar-refractivity contribution in [3.05, 3.63) is 35.4 Å². The van der Waals surface area contributed by atoms with Crippen molar-refractivity contribution in [1.82, 2.24) is 0 Å². The minimum absolute atomic E-state index is 0.00704. The van der Waals surface area contributed by atoms with Crippen LogP contribution in [0.2, 0.25) is 0 Å². The molecule has 0 saturated carbocycles. The summed E-state index contributed by atoms with van der Waals surface area (Å²) in [5.41, 5.74) is 8.17. The molecule has 1 aromatic carbocycles. The maximum atomic E-state index is 8.85. The molecule has 0 fully saturated rings. The van der Waals surface area contributed by atoms with E-state index in [2.05, 4.69) is 6.07 Å². The van der Waals surface area contributed by atoms with Gasteiger partial charge in [0, 0.05) is 6.04 Å². The van der Waals surface area contributed by atoms with Gasteiger partial charge in [-0.15, -0.1) is 0 Å². The fraction of sp³-hybridized carbons (Fsp3) is 0.300. The normalized spacial score (nSPS) is 26.3. The Kier molecular flexibility index (Phi) is 1.60. The predicted octanol–water partition coefficient (Wildman–Crippen LogP) is 1.18. The Labute approximate surface area is 71.6 Å². The number of nitrogens with zero attached hydrogens (tertiary/aromatic N) is 1. The molecule has 0 bridgehead atoms. The van der Waals surface area contributed by atoms with Crippen molar-refractivity contribution in [2.45, 2.75) is 18.4 Å². The van der Waals surface area contributed by atoms with E-state index in [9.17, 15) is 0 Å². The number of nitrogens with two attached hydrogens (primary N) is 1. The lowest BCUT2D eigenvalue weighted by atomic mass is 10.0. The van der Waals surface area contributed by atoms with Crippen molar-refractivity contribution >= 4 is 0 Å². The largest absolute Gasteiger partial charge is 0.326 e. The van der Waals surface area contributed by atoms with Crippen LogP contribution < -0.4 is 5.73 Å². The average molecular weight is 158 g/mol. The van der Waals surface area contributed by atoms with Gasteiger partial charge in [-0.05, 0) is 17.5 Å². The van der Waals surface area contributed by atoms with Crippen molar-refractivity contribution in [3.63, 3.8) is 0 Å². The lowest BCUT2D eigenvalue weighted by molar-refractivity contribution is 0.666. The summed E-state index contributed by atoms with van der Waals surface area (Å²) in [4.78, 5) is 0. The van der Waals surface area contributed by atoms with Crippen molar-refractivity contribution in [2.24, 2.45) is 5.73 Å². The summed E-state index contributed by atoms with van der Waals surface area (Å²) in [5, 5.41) is 8.85. The van der Waals surface area contributed by atoms with Gasteiger partial charge in [0.1, 0.15) is 0 Å². The van der Waals surface area contributed by atoms with Crippen LogP contribution in [-0.4, -0.2) is 6.04 Å². The first-order chi connectivity index (χ1) is 5.83. The highest BCUT2D eigenvalue weighted by Gasteiger charge is 2.28. The van der Waals surface area contributed by atoms with Gasteiger partial charge in [-0.1, -0.05) is 24.3 Å². The topological polar surface area (TPSA) is 49.8 Å². The molecule has 2 atom stereocenters. The Morgan fingerprint density at radius 3 is 2.92 bits per heavy atom. The summed E-state index contributed by atoms with van der Waals surface area (Å²) in [6.45, 7) is 0. The molecule has 12 heavy (non-hydrogen) atoms. The number of fused-ring (bicyclic) bond motifs is 1. The van der Waals surface area contributed by atoms with Crippen molar-refractivity contribution < 1.29 is 0 Å². The van der Waals surface area contributed by atoms with Gasteiger partial charge < -0.3 is 5.73 Å². The monoisotopic (exact) mass is 158 g/mol. The third kappa shape index (κ3) is 0.910. The van der Waals surface area contributed by atoms with Crippen LogP contribution >= 0.6 is 0 Å². The van der Waals surface area contributed by atoms with E-state index in [-0.39, 0.29) is 12.0 Å². The molecule has 2 heteroatoms. The number of hydrogen-bond acceptors (Lipinski definition) is 2. The molecule has 2 N–H and O–H groups in total. The molecule has 1 aromatic rings. The second-order valence-corrected chi connectivity index (χ2v) is 3.17. The molecule has 1 aliphatic rings. The maximum absolute atomic E-state index is 8.85. The van der Waals surface area contributed by atoms with Gasteiger partial charge in [0.2, 0.25) is 0 Å². The third-order valence-corrected chi connectivity index (χ3v) is 2.41. The maximum Gasteiger partial charge on any atom is 0.0869 e. The Morgan fingerprint density at radius 2 is 2.17 bits per heavy atom. The lowest BCUT2D eigenvalue weighted by Crippen LogP contribution is -2.23. The zero-order valence-electron chi connectivity index (χ0n) is 6.70. The summed E-state index contributed by atoms with van der Waals surface area (Å²) in [5.74, 6) is -0.0961. The molecule has 2 rings (SSSR count). The highest BCUT2D eigenvalue weighted by atomic mass is 14.7. The van der Waals surface area contributed by atoms with Gasteiger partial charge >= 0.3 is 0 Å². The molecule has 0 spiro atoms. The Bertz CT molecular complexity index is 338. The Balaban J connectivity index is 2.49. The lowest BCUT2D eigenvalue weighted by Gasteiger charge is -2.05. The molecule has 0 saturated heterocycles. The molecule has 0 radical (unpaired) electrons. The van der Waals surface area contributed by atoms with Gasteiger partial charge in [-0.25, -0.2) is 0 Å². The van der Waals surface area contributed by atoms with E-state index in [4.69, 9.17) is 11.0 Å². The molecule has 1 aliphatic carbocycles. The molecule has 0 amide bonds. The molecule has 0 heterocycles. The Hall–Kier alpha value is -1.33. The molecule has 2 nitrogen and oxygen atoms in total. The standard InChI is InChI=1S/C10H10N2/c11-6-9-8-4-2-1-3-7(8)5-10(9)12/h1-4,9-10H,5,12H2. The van der Waals surface area contributed by atoms with Gasteiger partial charge in [-0.3, -0.25) is 0 Å². The quantitative estimate of drug-likeness (QED) is 0.616. The van der Waals surface area contributed by atoms with Gasteiger partial charge in [0.05, 0.1) is 12.0 Å². The van der Waals surface area contributed by atoms with Crippen LogP contribution in [0.15, 0.2) is 24.3 Å². The van der Waals surface area contributed by atoms with Crippen LogP contribution in [0.5, 0.6) is 0 Å². The highest BCUT2D eigenvalue weighted by molar-refractivity contribution is 5.41. The smallest absolute Gasteiger partial charge is 0.0869 e. The molecule has 0 aromatic heterocycles. The van der Waals surface area contributed by atoms with Crippen LogP contribution in [0.3, 0.4) is 0 Å². The van der Waals surface area contributed by atoms with E-state index in [0.29, 0.717) is 0 Å². The summed E-state index contributed by atoms with van der Waals surface area (Å²) in [7, 11) is 0. The summed E-state index contributed by atoms with van der Waals surface area (Å²) in [6.07, 6.45) is 0.842. The molecule has 2 unspecified atom stereocenters. The summed E-state index contributed by atoms with van der Waals surface area (Å²) >= 11 is 0. The number of rotatable bonds is 0. The van der Waals surface area contributed by atoms with Crippen molar-refractivity contribution in [2.75, 3.05) is 0 Å². The van der Waals surface area contributed by atoms with Crippen LogP contribution in [0, 0.1) is 11.3 Å². The molecule has 0 aliphatic heterocycles. The first-order valence-corrected chi connectivity index (χ1v) is 4.06. The molecule has 60 valence electrons. The van der Waals surface area contributed by atoms with Gasteiger partial charge in [0.15, 0.2) is 0 Å². The van der Waals surface area contributed by atoms with Crippen molar-refractivity contribution in [3.8, 4) is 6.07 Å². The number of benzene rings is 1. The molecular formula is C10H10N2. The second kappa shape index (κ2) is 2.62. The second-order valence-electron chi connectivity index (χ2n) is 3.17. The fourth-order valence-electron chi connectivity index (χ4n) is 1.79. The number of nitriles is 1. The van der Waals surface area contributed by atoms with E-state index in [1.807, 2.05) is 24.3 Å². The highest BCUT2D eigenvalue weighted by Crippen LogP contribution is 2.31. The van der Waals surface area contributed by atoms with E-state index in [0.717, 1.165) is 12.0 Å². The number of hydrogen-bond donors (Lipinski definition) is 1. The van der Waals surface area contributed by atoms with E-state index >= 15 is 0 Å². The first kappa shape index (κ1) is 7.33. The predicted molar refractivity (Wildman–Crippen MR) is 46.5 cm³/mol. The molecular weight excluding hydrogens is 148 g/mol. The third-order valence-electron chi connectivity index (χ3n) is 2.41. The summed E-state index contributed by atoms with van der Waals surface area (Å²) in [6, 6.07) is 10.2. The van der Waals surface area contributed by atoms with Crippen LogP contribution in [-0.2, 0) is 6.42 Å². The zero-order valence-corrected chi connectivity index (χ0v) is 6.70. The van der Waals surface area contributed by atoms with E-state index in [1.54, 1.807) is 0 Å². The SMILES string of the molecule is N#CC1c2ccccc2CC1N. The van der Waals surface area contributed by atoms with E-state index in [1.165, 1.54) is 5.56 Å². The summed E-state index contributed by atoms with van der Waals surface area (Å²) < 4.78 is 0. The first-order valence-electron chi connectivity index (χ1n) is 4.06. The van der Waals surface area contributed by atoms with Crippen LogP contribution in [0.4, 0.5) is 0 Å². The minimum Gasteiger partial charge on any atom is -0.326 e.